The predicted octanol–water partition coefficient (Wildman–Crippen LogP) is 1.11. The molecule has 1 aromatic carbocycles. The molecular formula is C14H9F4NO4. The number of nitrogens with one attached hydrogen (secondary N) is 1. The van der Waals surface area contributed by atoms with Crippen molar-refractivity contribution in [1.29, 1.82) is 0 Å². The van der Waals surface area contributed by atoms with E-state index >= 15 is 0 Å². The second-order valence-electron chi connectivity index (χ2n) is 4.14. The van der Waals surface area contributed by atoms with Gasteiger partial charge >= 0.3 is 5.97 Å². The Balaban J connectivity index is 0.000000313. The van der Waals surface area contributed by atoms with Crippen LogP contribution in [0, 0.1) is 30.2 Å². The Kier molecular flexibility index (Phi) is 5.77. The van der Waals surface area contributed by atoms with Crippen molar-refractivity contribution in [2.24, 2.45) is 0 Å². The van der Waals surface area contributed by atoms with Crippen molar-refractivity contribution >= 4 is 11.9 Å². The Morgan fingerprint density at radius 3 is 1.74 bits per heavy atom. The van der Waals surface area contributed by atoms with Crippen molar-refractivity contribution in [3.8, 4) is 0 Å². The molecule has 2 N–H and O–H groups in total. The molecule has 1 aromatic heterocycles. The van der Waals surface area contributed by atoms with Gasteiger partial charge in [-0.05, 0) is 0 Å². The fourth-order valence-corrected chi connectivity index (χ4v) is 1.48. The monoisotopic (exact) mass is 331 g/mol. The van der Waals surface area contributed by atoms with E-state index in [4.69, 9.17) is 5.11 Å². The van der Waals surface area contributed by atoms with Crippen LogP contribution in [0.1, 0.15) is 26.4 Å². The summed E-state index contributed by atoms with van der Waals surface area (Å²) in [4.78, 5) is 23.4. The summed E-state index contributed by atoms with van der Waals surface area (Å²) in [6, 6.07) is 6.00. The number of hydrogen-bond acceptors (Lipinski definition) is 3. The summed E-state index contributed by atoms with van der Waals surface area (Å²) >= 11 is 0. The molecule has 0 spiro atoms. The minimum Gasteiger partial charge on any atom is -0.545 e. The first-order valence-electron chi connectivity index (χ1n) is 5.92. The Morgan fingerprint density at radius 2 is 1.48 bits per heavy atom. The number of halogens is 4. The Morgan fingerprint density at radius 1 is 1.00 bits per heavy atom. The second kappa shape index (κ2) is 7.34. The number of carbonyl (C=O) groups is 2. The Hall–Kier alpha value is -2.97. The molecule has 23 heavy (non-hydrogen) atoms. The number of benzene rings is 1. The van der Waals surface area contributed by atoms with Gasteiger partial charge < -0.3 is 15.0 Å². The fraction of sp³-hybridized carbons (Fsp3) is 0.0714. The first-order valence-corrected chi connectivity index (χ1v) is 5.92. The molecule has 1 heterocycles. The molecule has 0 aliphatic heterocycles. The maximum atomic E-state index is 12.9. The summed E-state index contributed by atoms with van der Waals surface area (Å²) in [7, 11) is 0. The third kappa shape index (κ3) is 4.02. The standard InChI is InChI=1S/C8H2F4O4.C6H7N/c9-3-1(7(13)14)4(10)6(12)2(5(3)11)8(15)16;1-6-4-2-3-5-7-6/h(H,13,14)(H,15,16);2-5H,1H3. The van der Waals surface area contributed by atoms with Crippen LogP contribution < -0.4 is 10.1 Å². The summed E-state index contributed by atoms with van der Waals surface area (Å²) in [5.41, 5.74) is -2.69. The van der Waals surface area contributed by atoms with Crippen molar-refractivity contribution in [1.82, 2.24) is 0 Å². The largest absolute Gasteiger partial charge is 0.545 e. The van der Waals surface area contributed by atoms with Crippen LogP contribution >= 0.6 is 0 Å². The Labute approximate surface area is 126 Å². The number of aryl methyl sites for hydroxylation is 1. The van der Waals surface area contributed by atoms with E-state index in [9.17, 15) is 32.3 Å². The van der Waals surface area contributed by atoms with Gasteiger partial charge in [-0.15, -0.1) is 0 Å². The van der Waals surface area contributed by atoms with E-state index in [0.29, 0.717) is 0 Å². The van der Waals surface area contributed by atoms with Crippen LogP contribution in [0.25, 0.3) is 0 Å². The molecular weight excluding hydrogens is 322 g/mol. The third-order valence-corrected chi connectivity index (χ3v) is 2.55. The van der Waals surface area contributed by atoms with Gasteiger partial charge in [0.2, 0.25) is 0 Å². The highest BCUT2D eigenvalue weighted by Gasteiger charge is 2.29. The van der Waals surface area contributed by atoms with Crippen molar-refractivity contribution < 1.29 is 42.3 Å². The van der Waals surface area contributed by atoms with E-state index < -0.39 is 46.3 Å². The number of aromatic carboxylic acids is 2. The molecule has 0 saturated heterocycles. The van der Waals surface area contributed by atoms with Crippen molar-refractivity contribution in [2.75, 3.05) is 0 Å². The maximum absolute atomic E-state index is 12.9. The van der Waals surface area contributed by atoms with Gasteiger partial charge in [0.05, 0.1) is 11.5 Å². The number of H-pyrrole nitrogens is 1. The van der Waals surface area contributed by atoms with Crippen LogP contribution in [0.4, 0.5) is 17.6 Å². The predicted molar refractivity (Wildman–Crippen MR) is 65.3 cm³/mol. The van der Waals surface area contributed by atoms with E-state index in [1.807, 2.05) is 31.3 Å². The molecule has 0 fully saturated rings. The van der Waals surface area contributed by atoms with E-state index in [0.717, 1.165) is 0 Å². The topological polar surface area (TPSA) is 91.6 Å². The molecule has 0 unspecified atom stereocenters. The zero-order valence-electron chi connectivity index (χ0n) is 11.5. The molecule has 5 nitrogen and oxygen atoms in total. The average Bonchev–Trinajstić information content (AvgIpc) is 2.46. The summed E-state index contributed by atoms with van der Waals surface area (Å²) in [6.07, 6.45) is 1.91. The molecule has 122 valence electrons. The number of carboxylic acid groups (broad SMARTS) is 2. The molecule has 0 bridgehead atoms. The van der Waals surface area contributed by atoms with Crippen LogP contribution in [0.3, 0.4) is 0 Å². The lowest BCUT2D eigenvalue weighted by molar-refractivity contribution is -0.387. The number of aromatic nitrogens is 1. The van der Waals surface area contributed by atoms with Gasteiger partial charge in [-0.25, -0.2) is 27.3 Å². The highest BCUT2D eigenvalue weighted by Crippen LogP contribution is 2.23. The molecule has 2 rings (SSSR count). The van der Waals surface area contributed by atoms with E-state index in [1.54, 1.807) is 0 Å². The van der Waals surface area contributed by atoms with Crippen LogP contribution in [0.5, 0.6) is 0 Å². The third-order valence-electron chi connectivity index (χ3n) is 2.55. The molecule has 9 heteroatoms. The normalized spacial score (nSPS) is 9.78. The number of rotatable bonds is 2. The highest BCUT2D eigenvalue weighted by molar-refractivity contribution is 5.92. The number of aromatic amines is 1. The van der Waals surface area contributed by atoms with Crippen LogP contribution in [0.2, 0.25) is 0 Å². The first kappa shape index (κ1) is 18.1. The van der Waals surface area contributed by atoms with Crippen LogP contribution in [0.15, 0.2) is 24.4 Å². The van der Waals surface area contributed by atoms with Gasteiger partial charge in [-0.3, -0.25) is 0 Å². The average molecular weight is 331 g/mol. The van der Waals surface area contributed by atoms with Gasteiger partial charge in [0, 0.05) is 19.1 Å². The summed E-state index contributed by atoms with van der Waals surface area (Å²) in [5, 5.41) is 18.4. The smallest absolute Gasteiger partial charge is 0.341 e. The van der Waals surface area contributed by atoms with Crippen LogP contribution in [-0.4, -0.2) is 17.0 Å². The molecule has 0 aliphatic rings. The lowest BCUT2D eigenvalue weighted by Crippen LogP contribution is -2.27. The van der Waals surface area contributed by atoms with E-state index in [-0.39, 0.29) is 0 Å². The minimum absolute atomic E-state index is 1.20. The summed E-state index contributed by atoms with van der Waals surface area (Å²) in [5.74, 6) is -14.0. The van der Waals surface area contributed by atoms with Gasteiger partial charge in [0.25, 0.3) is 0 Å². The maximum Gasteiger partial charge on any atom is 0.341 e. The minimum atomic E-state index is -2.50. The SMILES string of the molecule is Cc1cccc[nH+]1.O=C([O-])c1c(F)c(F)c(C(=O)O)c(F)c1F. The highest BCUT2D eigenvalue weighted by atomic mass is 19.2. The zero-order chi connectivity index (χ0) is 17.7. The lowest BCUT2D eigenvalue weighted by Gasteiger charge is -2.09. The van der Waals surface area contributed by atoms with Crippen molar-refractivity contribution in [3.63, 3.8) is 0 Å². The molecule has 0 aliphatic carbocycles. The summed E-state index contributed by atoms with van der Waals surface area (Å²) in [6.45, 7) is 2.03. The number of carboxylic acids is 2. The molecule has 0 saturated carbocycles. The molecule has 0 atom stereocenters. The number of pyridine rings is 1. The van der Waals surface area contributed by atoms with Gasteiger partial charge in [0.15, 0.2) is 35.2 Å². The quantitative estimate of drug-likeness (QED) is 0.659. The first-order chi connectivity index (χ1) is 10.7. The molecule has 0 radical (unpaired) electrons. The van der Waals surface area contributed by atoms with Gasteiger partial charge in [-0.1, -0.05) is 6.07 Å². The lowest BCUT2D eigenvalue weighted by atomic mass is 10.1. The van der Waals surface area contributed by atoms with Crippen LogP contribution in [-0.2, 0) is 0 Å². The van der Waals surface area contributed by atoms with Crippen molar-refractivity contribution in [2.45, 2.75) is 6.92 Å². The van der Waals surface area contributed by atoms with Gasteiger partial charge in [-0.2, -0.15) is 0 Å². The molecule has 2 aromatic rings. The zero-order valence-corrected chi connectivity index (χ0v) is 11.5. The number of carbonyl (C=O) groups excluding carboxylic acids is 1. The Bertz CT molecular complexity index is 676. The van der Waals surface area contributed by atoms with Gasteiger partial charge in [0.1, 0.15) is 5.56 Å². The van der Waals surface area contributed by atoms with Crippen molar-refractivity contribution in [3.05, 3.63) is 64.5 Å². The fourth-order valence-electron chi connectivity index (χ4n) is 1.48. The number of hydrogen-bond donors (Lipinski definition) is 1. The summed E-state index contributed by atoms with van der Waals surface area (Å²) < 4.78 is 51.4. The molecule has 0 amide bonds. The second-order valence-corrected chi connectivity index (χ2v) is 4.14. The van der Waals surface area contributed by atoms with E-state index in [1.165, 1.54) is 5.69 Å². The van der Waals surface area contributed by atoms with E-state index in [2.05, 4.69) is 4.98 Å².